The van der Waals surface area contributed by atoms with Crippen molar-refractivity contribution in [1.82, 2.24) is 15.1 Å². The fraction of sp³-hybridized carbons (Fsp3) is 0.267. The summed E-state index contributed by atoms with van der Waals surface area (Å²) in [5, 5.41) is 7.77. The molecule has 0 radical (unpaired) electrons. The third-order valence-corrected chi connectivity index (χ3v) is 4.76. The predicted octanol–water partition coefficient (Wildman–Crippen LogP) is 2.25. The maximum absolute atomic E-state index is 11.7. The minimum Gasteiger partial charge on any atom is -0.365 e. The standard InChI is InChI=1S/C15H16N4O3S/c1-9-13(10(2)22-19-9)7-16-15-12-6-11(23(3,20)21)4-5-14(12)17-8-18-15/h4-6,8H,7H2,1-3H3,(H,16,17,18). The number of nitrogens with zero attached hydrogens (tertiary/aromatic N) is 3. The summed E-state index contributed by atoms with van der Waals surface area (Å²) in [4.78, 5) is 8.63. The molecule has 7 nitrogen and oxygen atoms in total. The van der Waals surface area contributed by atoms with Gasteiger partial charge in [-0.3, -0.25) is 0 Å². The second kappa shape index (κ2) is 5.62. The number of hydrogen-bond acceptors (Lipinski definition) is 7. The molecular weight excluding hydrogens is 316 g/mol. The summed E-state index contributed by atoms with van der Waals surface area (Å²) in [6, 6.07) is 4.80. The highest BCUT2D eigenvalue weighted by atomic mass is 32.2. The zero-order valence-electron chi connectivity index (χ0n) is 13.0. The molecule has 0 saturated heterocycles. The van der Waals surface area contributed by atoms with Gasteiger partial charge in [-0.15, -0.1) is 0 Å². The van der Waals surface area contributed by atoms with Crippen LogP contribution in [0.5, 0.6) is 0 Å². The smallest absolute Gasteiger partial charge is 0.175 e. The second-order valence-electron chi connectivity index (χ2n) is 5.33. The summed E-state index contributed by atoms with van der Waals surface area (Å²) < 4.78 is 28.6. The highest BCUT2D eigenvalue weighted by Gasteiger charge is 2.13. The maximum atomic E-state index is 11.7. The Morgan fingerprint density at radius 3 is 2.65 bits per heavy atom. The Labute approximate surface area is 133 Å². The van der Waals surface area contributed by atoms with E-state index in [4.69, 9.17) is 4.52 Å². The summed E-state index contributed by atoms with van der Waals surface area (Å²) >= 11 is 0. The zero-order chi connectivity index (χ0) is 16.6. The van der Waals surface area contributed by atoms with E-state index < -0.39 is 9.84 Å². The van der Waals surface area contributed by atoms with Crippen LogP contribution in [0.3, 0.4) is 0 Å². The van der Waals surface area contributed by atoms with Crippen molar-refractivity contribution < 1.29 is 12.9 Å². The van der Waals surface area contributed by atoms with Crippen LogP contribution in [-0.2, 0) is 16.4 Å². The van der Waals surface area contributed by atoms with E-state index >= 15 is 0 Å². The molecule has 0 saturated carbocycles. The summed E-state index contributed by atoms with van der Waals surface area (Å²) in [6.45, 7) is 4.20. The van der Waals surface area contributed by atoms with E-state index in [0.717, 1.165) is 17.0 Å². The first kappa shape index (κ1) is 15.4. The zero-order valence-corrected chi connectivity index (χ0v) is 13.8. The summed E-state index contributed by atoms with van der Waals surface area (Å²) in [5.41, 5.74) is 2.44. The monoisotopic (exact) mass is 332 g/mol. The molecule has 3 aromatic rings. The predicted molar refractivity (Wildman–Crippen MR) is 86.0 cm³/mol. The molecule has 2 aromatic heterocycles. The average molecular weight is 332 g/mol. The van der Waals surface area contributed by atoms with Gasteiger partial charge in [-0.2, -0.15) is 0 Å². The van der Waals surface area contributed by atoms with Crippen LogP contribution < -0.4 is 5.32 Å². The third kappa shape index (κ3) is 3.02. The van der Waals surface area contributed by atoms with Crippen LogP contribution in [0.1, 0.15) is 17.0 Å². The topological polar surface area (TPSA) is 98.0 Å². The number of aryl methyl sites for hydroxylation is 2. The van der Waals surface area contributed by atoms with Crippen molar-refractivity contribution >= 4 is 26.6 Å². The highest BCUT2D eigenvalue weighted by Crippen LogP contribution is 2.24. The van der Waals surface area contributed by atoms with Gasteiger partial charge < -0.3 is 9.84 Å². The first-order valence-electron chi connectivity index (χ1n) is 6.96. The number of benzene rings is 1. The van der Waals surface area contributed by atoms with Crippen molar-refractivity contribution in [2.75, 3.05) is 11.6 Å². The van der Waals surface area contributed by atoms with Crippen LogP contribution >= 0.6 is 0 Å². The van der Waals surface area contributed by atoms with Crippen molar-refractivity contribution in [3.63, 3.8) is 0 Å². The second-order valence-corrected chi connectivity index (χ2v) is 7.35. The third-order valence-electron chi connectivity index (χ3n) is 3.65. The van der Waals surface area contributed by atoms with Gasteiger partial charge in [0.2, 0.25) is 0 Å². The Bertz CT molecular complexity index is 960. The number of anilines is 1. The first-order valence-corrected chi connectivity index (χ1v) is 8.86. The van der Waals surface area contributed by atoms with E-state index in [-0.39, 0.29) is 4.90 Å². The number of sulfone groups is 1. The minimum absolute atomic E-state index is 0.236. The molecule has 0 aliphatic heterocycles. The molecule has 0 atom stereocenters. The molecule has 0 aliphatic carbocycles. The van der Waals surface area contributed by atoms with E-state index in [0.29, 0.717) is 23.3 Å². The van der Waals surface area contributed by atoms with Crippen molar-refractivity contribution in [2.45, 2.75) is 25.3 Å². The Balaban J connectivity index is 2.00. The molecule has 3 rings (SSSR count). The lowest BCUT2D eigenvalue weighted by Gasteiger charge is -2.09. The van der Waals surface area contributed by atoms with E-state index in [1.54, 1.807) is 18.2 Å². The van der Waals surface area contributed by atoms with Gasteiger partial charge in [0.15, 0.2) is 9.84 Å². The Hall–Kier alpha value is -2.48. The summed E-state index contributed by atoms with van der Waals surface area (Å²) in [7, 11) is -3.29. The van der Waals surface area contributed by atoms with Gasteiger partial charge in [0.1, 0.15) is 17.9 Å². The molecule has 0 aliphatic rings. The lowest BCUT2D eigenvalue weighted by molar-refractivity contribution is 0.392. The molecule has 8 heteroatoms. The largest absolute Gasteiger partial charge is 0.365 e. The molecule has 1 aromatic carbocycles. The molecule has 2 heterocycles. The number of fused-ring (bicyclic) bond motifs is 1. The lowest BCUT2D eigenvalue weighted by atomic mass is 10.2. The van der Waals surface area contributed by atoms with Crippen LogP contribution in [0.2, 0.25) is 0 Å². The van der Waals surface area contributed by atoms with Gasteiger partial charge in [0.05, 0.1) is 16.1 Å². The van der Waals surface area contributed by atoms with Crippen molar-refractivity contribution in [3.05, 3.63) is 41.5 Å². The van der Waals surface area contributed by atoms with Crippen LogP contribution in [0, 0.1) is 13.8 Å². The van der Waals surface area contributed by atoms with Crippen molar-refractivity contribution in [2.24, 2.45) is 0 Å². The minimum atomic E-state index is -3.29. The molecule has 0 fully saturated rings. The molecule has 1 N–H and O–H groups in total. The molecule has 0 spiro atoms. The molecule has 0 amide bonds. The Morgan fingerprint density at radius 1 is 1.22 bits per heavy atom. The fourth-order valence-corrected chi connectivity index (χ4v) is 2.98. The van der Waals surface area contributed by atoms with Gasteiger partial charge in [-0.1, -0.05) is 5.16 Å². The van der Waals surface area contributed by atoms with Crippen LogP contribution in [0.25, 0.3) is 10.9 Å². The molecule has 0 unspecified atom stereocenters. The van der Waals surface area contributed by atoms with Crippen LogP contribution in [0.15, 0.2) is 33.9 Å². The quantitative estimate of drug-likeness (QED) is 0.782. The van der Waals surface area contributed by atoms with Crippen molar-refractivity contribution in [1.29, 1.82) is 0 Å². The van der Waals surface area contributed by atoms with E-state index in [1.165, 1.54) is 12.6 Å². The highest BCUT2D eigenvalue weighted by molar-refractivity contribution is 7.90. The van der Waals surface area contributed by atoms with Gasteiger partial charge in [-0.05, 0) is 32.0 Å². The number of hydrogen-bond donors (Lipinski definition) is 1. The summed E-state index contributed by atoms with van der Waals surface area (Å²) in [5.74, 6) is 1.31. The average Bonchev–Trinajstić information content (AvgIpc) is 2.82. The Morgan fingerprint density at radius 2 is 2.00 bits per heavy atom. The normalized spacial score (nSPS) is 11.8. The number of aromatic nitrogens is 3. The maximum Gasteiger partial charge on any atom is 0.175 e. The fourth-order valence-electron chi connectivity index (χ4n) is 2.33. The molecule has 0 bridgehead atoms. The number of nitrogens with one attached hydrogen (secondary N) is 1. The number of rotatable bonds is 4. The molecule has 120 valence electrons. The Kier molecular flexibility index (Phi) is 3.77. The van der Waals surface area contributed by atoms with E-state index in [1.807, 2.05) is 13.8 Å². The van der Waals surface area contributed by atoms with Crippen LogP contribution in [-0.4, -0.2) is 29.8 Å². The van der Waals surface area contributed by atoms with Crippen LogP contribution in [0.4, 0.5) is 5.82 Å². The first-order chi connectivity index (χ1) is 10.9. The van der Waals surface area contributed by atoms with Gasteiger partial charge >= 0.3 is 0 Å². The SMILES string of the molecule is Cc1noc(C)c1CNc1ncnc2ccc(S(C)(=O)=O)cc12. The molecular formula is C15H16N4O3S. The van der Waals surface area contributed by atoms with Gasteiger partial charge in [0, 0.05) is 23.8 Å². The molecule has 23 heavy (non-hydrogen) atoms. The van der Waals surface area contributed by atoms with E-state index in [9.17, 15) is 8.42 Å². The van der Waals surface area contributed by atoms with Gasteiger partial charge in [-0.25, -0.2) is 18.4 Å². The lowest BCUT2D eigenvalue weighted by Crippen LogP contribution is -2.05. The van der Waals surface area contributed by atoms with Gasteiger partial charge in [0.25, 0.3) is 0 Å². The summed E-state index contributed by atoms with van der Waals surface area (Å²) in [6.07, 6.45) is 2.62. The van der Waals surface area contributed by atoms with Crippen molar-refractivity contribution in [3.8, 4) is 0 Å². The van der Waals surface area contributed by atoms with E-state index in [2.05, 4.69) is 20.4 Å².